The normalized spacial score (nSPS) is 22.8. The highest BCUT2D eigenvalue weighted by Crippen LogP contribution is 2.16. The summed E-state index contributed by atoms with van der Waals surface area (Å²) < 4.78 is 14.9. The summed E-state index contributed by atoms with van der Waals surface area (Å²) in [6.07, 6.45) is -1.11. The topological polar surface area (TPSA) is 124 Å². The Kier molecular flexibility index (Phi) is 5.32. The van der Waals surface area contributed by atoms with Crippen molar-refractivity contribution in [3.63, 3.8) is 0 Å². The van der Waals surface area contributed by atoms with Crippen LogP contribution in [0, 0.1) is 5.41 Å². The molecule has 0 saturated carbocycles. The molecule has 1 saturated heterocycles. The number of hydrogen-bond donors (Lipinski definition) is 3. The number of alkyl carbamates (subject to hydrolysis) is 1. The summed E-state index contributed by atoms with van der Waals surface area (Å²) in [5.74, 6) is -0.312. The lowest BCUT2D eigenvalue weighted by atomic mass is 10.1. The van der Waals surface area contributed by atoms with Crippen molar-refractivity contribution in [2.24, 2.45) is 5.73 Å². The molecule has 0 aromatic heterocycles. The Labute approximate surface area is 117 Å². The zero-order valence-electron chi connectivity index (χ0n) is 11.9. The molecule has 2 atom stereocenters. The summed E-state index contributed by atoms with van der Waals surface area (Å²) in [4.78, 5) is 22.1. The molecule has 0 aromatic rings. The molecule has 8 heteroatoms. The third-order valence-corrected chi connectivity index (χ3v) is 2.50. The summed E-state index contributed by atoms with van der Waals surface area (Å²) in [7, 11) is 0. The van der Waals surface area contributed by atoms with Crippen LogP contribution >= 0.6 is 0 Å². The van der Waals surface area contributed by atoms with E-state index in [2.05, 4.69) is 10.1 Å². The van der Waals surface area contributed by atoms with Gasteiger partial charge in [0.25, 0.3) is 0 Å². The number of nitrogens with one attached hydrogen (secondary N) is 2. The maximum atomic E-state index is 11.6. The maximum absolute atomic E-state index is 11.6. The van der Waals surface area contributed by atoms with Crippen LogP contribution < -0.4 is 11.1 Å². The van der Waals surface area contributed by atoms with Crippen LogP contribution in [-0.4, -0.2) is 42.4 Å². The van der Waals surface area contributed by atoms with Gasteiger partial charge in [0.2, 0.25) is 5.90 Å². The van der Waals surface area contributed by atoms with E-state index in [9.17, 15) is 9.59 Å². The van der Waals surface area contributed by atoms with Crippen LogP contribution in [0.5, 0.6) is 0 Å². The summed E-state index contributed by atoms with van der Waals surface area (Å²) >= 11 is 0. The quantitative estimate of drug-likeness (QED) is 0.519. The highest BCUT2D eigenvalue weighted by atomic mass is 16.6. The molecule has 0 aliphatic carbocycles. The van der Waals surface area contributed by atoms with Crippen LogP contribution in [0.3, 0.4) is 0 Å². The lowest BCUT2D eigenvalue weighted by Crippen LogP contribution is -2.46. The van der Waals surface area contributed by atoms with Gasteiger partial charge >= 0.3 is 12.2 Å². The van der Waals surface area contributed by atoms with Crippen LogP contribution in [0.2, 0.25) is 0 Å². The van der Waals surface area contributed by atoms with Gasteiger partial charge in [-0.3, -0.25) is 5.41 Å². The van der Waals surface area contributed by atoms with Crippen LogP contribution in [0.25, 0.3) is 0 Å². The molecule has 114 valence electrons. The van der Waals surface area contributed by atoms with E-state index in [1.807, 2.05) is 0 Å². The van der Waals surface area contributed by atoms with Crippen molar-refractivity contribution in [2.45, 2.75) is 51.4 Å². The lowest BCUT2D eigenvalue weighted by Gasteiger charge is -2.29. The summed E-state index contributed by atoms with van der Waals surface area (Å²) in [6, 6.07) is -0.192. The van der Waals surface area contributed by atoms with Gasteiger partial charge in [0.1, 0.15) is 11.7 Å². The Morgan fingerprint density at radius 1 is 1.35 bits per heavy atom. The van der Waals surface area contributed by atoms with E-state index in [1.165, 1.54) is 0 Å². The van der Waals surface area contributed by atoms with Gasteiger partial charge in [0.05, 0.1) is 12.6 Å². The van der Waals surface area contributed by atoms with E-state index in [-0.39, 0.29) is 18.5 Å². The fraction of sp³-hybridized carbons (Fsp3) is 0.750. The average Bonchev–Trinajstić information content (AvgIpc) is 2.26. The number of amides is 2. The Hall–Kier alpha value is -1.83. The number of primary amides is 1. The Morgan fingerprint density at radius 3 is 2.45 bits per heavy atom. The van der Waals surface area contributed by atoms with Crippen molar-refractivity contribution in [3.05, 3.63) is 0 Å². The van der Waals surface area contributed by atoms with Crippen LogP contribution in [0.4, 0.5) is 9.59 Å². The molecule has 20 heavy (non-hydrogen) atoms. The molecule has 8 nitrogen and oxygen atoms in total. The number of hydrogen-bond acceptors (Lipinski definition) is 6. The molecule has 4 N–H and O–H groups in total. The second-order valence-electron chi connectivity index (χ2n) is 5.53. The van der Waals surface area contributed by atoms with Crippen molar-refractivity contribution in [1.29, 1.82) is 5.41 Å². The second kappa shape index (κ2) is 6.56. The van der Waals surface area contributed by atoms with Crippen molar-refractivity contribution >= 4 is 18.1 Å². The molecule has 1 rings (SSSR count). The first kappa shape index (κ1) is 16.2. The Bertz CT molecular complexity index is 383. The summed E-state index contributed by atoms with van der Waals surface area (Å²) in [6.45, 7) is 5.56. The largest absolute Gasteiger partial charge is 0.444 e. The molecule has 0 bridgehead atoms. The zero-order chi connectivity index (χ0) is 15.3. The van der Waals surface area contributed by atoms with Gasteiger partial charge in [0, 0.05) is 0 Å². The summed E-state index contributed by atoms with van der Waals surface area (Å²) in [5.41, 5.74) is 4.26. The minimum atomic E-state index is -1.03. The number of nitrogens with two attached hydrogens (primary N) is 1. The number of carbonyl (C=O) groups excluding carboxylic acids is 2. The lowest BCUT2D eigenvalue weighted by molar-refractivity contribution is 0.0140. The van der Waals surface area contributed by atoms with Crippen molar-refractivity contribution in [2.75, 3.05) is 6.61 Å². The van der Waals surface area contributed by atoms with Crippen molar-refractivity contribution in [3.8, 4) is 0 Å². The fourth-order valence-corrected chi connectivity index (χ4v) is 1.72. The van der Waals surface area contributed by atoms with Gasteiger partial charge in [-0.2, -0.15) is 0 Å². The monoisotopic (exact) mass is 287 g/mol. The van der Waals surface area contributed by atoms with Crippen molar-refractivity contribution < 1.29 is 23.8 Å². The SMILES string of the molecule is CC(C)(C)OC(=O)N[C@@H]1CC[C@@H](C(=N)OC(N)=O)OC1. The van der Waals surface area contributed by atoms with Gasteiger partial charge in [-0.15, -0.1) is 0 Å². The molecule has 1 heterocycles. The van der Waals surface area contributed by atoms with Crippen LogP contribution in [-0.2, 0) is 14.2 Å². The first-order valence-corrected chi connectivity index (χ1v) is 6.34. The standard InChI is InChI=1S/C12H21N3O5/c1-12(2,3)20-11(17)15-7-4-5-8(18-6-7)9(13)19-10(14)16/h7-8,13H,4-6H2,1-3H3,(H2,14,16)(H,15,17)/t7-,8+/m1/s1. The molecule has 0 aromatic carbocycles. The Balaban J connectivity index is 2.34. The molecule has 1 aliphatic rings. The highest BCUT2D eigenvalue weighted by Gasteiger charge is 2.28. The number of rotatable bonds is 2. The molecule has 1 aliphatic heterocycles. The van der Waals surface area contributed by atoms with Gasteiger partial charge < -0.3 is 25.3 Å². The van der Waals surface area contributed by atoms with E-state index in [1.54, 1.807) is 20.8 Å². The molecule has 0 radical (unpaired) electrons. The van der Waals surface area contributed by atoms with Gasteiger partial charge in [0.15, 0.2) is 0 Å². The van der Waals surface area contributed by atoms with Crippen LogP contribution in [0.15, 0.2) is 0 Å². The van der Waals surface area contributed by atoms with E-state index < -0.39 is 23.9 Å². The highest BCUT2D eigenvalue weighted by molar-refractivity contribution is 5.88. The van der Waals surface area contributed by atoms with E-state index in [4.69, 9.17) is 20.6 Å². The average molecular weight is 287 g/mol. The fourth-order valence-electron chi connectivity index (χ4n) is 1.72. The van der Waals surface area contributed by atoms with Gasteiger partial charge in [-0.25, -0.2) is 9.59 Å². The molecular formula is C12H21N3O5. The van der Waals surface area contributed by atoms with Gasteiger partial charge in [-0.1, -0.05) is 0 Å². The third-order valence-electron chi connectivity index (χ3n) is 2.50. The third kappa shape index (κ3) is 5.87. The molecule has 0 unspecified atom stereocenters. The zero-order valence-corrected chi connectivity index (χ0v) is 11.9. The van der Waals surface area contributed by atoms with Crippen molar-refractivity contribution in [1.82, 2.24) is 5.32 Å². The minimum absolute atomic E-state index is 0.192. The molecular weight excluding hydrogens is 266 g/mol. The molecule has 1 fully saturated rings. The van der Waals surface area contributed by atoms with E-state index in [0.29, 0.717) is 12.8 Å². The molecule has 0 spiro atoms. The van der Waals surface area contributed by atoms with E-state index in [0.717, 1.165) is 0 Å². The first-order chi connectivity index (χ1) is 9.17. The van der Waals surface area contributed by atoms with E-state index >= 15 is 0 Å². The molecule has 2 amide bonds. The predicted octanol–water partition coefficient (Wildman–Crippen LogP) is 1.13. The minimum Gasteiger partial charge on any atom is -0.444 e. The Morgan fingerprint density at radius 2 is 2.00 bits per heavy atom. The second-order valence-corrected chi connectivity index (χ2v) is 5.53. The predicted molar refractivity (Wildman–Crippen MR) is 70.5 cm³/mol. The number of carbonyl (C=O) groups is 2. The smallest absolute Gasteiger partial charge is 0.411 e. The first-order valence-electron chi connectivity index (χ1n) is 6.34. The number of ether oxygens (including phenoxy) is 3. The van der Waals surface area contributed by atoms with Gasteiger partial charge in [-0.05, 0) is 33.6 Å². The van der Waals surface area contributed by atoms with Crippen LogP contribution in [0.1, 0.15) is 33.6 Å². The summed E-state index contributed by atoms with van der Waals surface area (Å²) in [5, 5.41) is 10.2. The maximum Gasteiger partial charge on any atom is 0.411 e.